The van der Waals surface area contributed by atoms with E-state index in [0.29, 0.717) is 0 Å². The minimum atomic E-state index is -0.747. The normalized spacial score (nSPS) is 23.1. The minimum Gasteiger partial charge on any atom is -0.361 e. The van der Waals surface area contributed by atoms with Crippen molar-refractivity contribution in [2.24, 2.45) is 21.8 Å². The van der Waals surface area contributed by atoms with Gasteiger partial charge in [-0.15, -0.1) is 0 Å². The van der Waals surface area contributed by atoms with Crippen LogP contribution in [0.15, 0.2) is 203 Å². The number of nitrogens with one attached hydrogen (secondary N) is 1. The van der Waals surface area contributed by atoms with E-state index in [1.165, 1.54) is 83.7 Å². The third-order valence-electron chi connectivity index (χ3n) is 14.0. The van der Waals surface area contributed by atoms with Crippen molar-refractivity contribution in [3.63, 3.8) is 0 Å². The van der Waals surface area contributed by atoms with Crippen molar-refractivity contribution < 1.29 is 0 Å². The van der Waals surface area contributed by atoms with Gasteiger partial charge in [0.05, 0.1) is 17.3 Å². The summed E-state index contributed by atoms with van der Waals surface area (Å²) >= 11 is 0. The molecule has 1 aromatic heterocycles. The molecule has 5 aromatic carbocycles. The second kappa shape index (κ2) is 15.7. The lowest BCUT2D eigenvalue weighted by atomic mass is 9.83. The number of aromatic nitrogens is 1. The number of para-hydroxylation sites is 2. The highest BCUT2D eigenvalue weighted by Crippen LogP contribution is 2.52. The van der Waals surface area contributed by atoms with Crippen LogP contribution in [0, 0.1) is 11.8 Å². The molecule has 0 bridgehead atoms. The van der Waals surface area contributed by atoms with Gasteiger partial charge in [-0.1, -0.05) is 172 Å². The first kappa shape index (κ1) is 38.9. The van der Waals surface area contributed by atoms with Crippen molar-refractivity contribution in [2.75, 3.05) is 11.9 Å². The molecule has 2 aliphatic heterocycles. The third-order valence-corrected chi connectivity index (χ3v) is 14.0. The Hall–Kier alpha value is -6.98. The second-order valence-electron chi connectivity index (χ2n) is 18.0. The average Bonchev–Trinajstić information content (AvgIpc) is 3.67. The second-order valence-corrected chi connectivity index (χ2v) is 18.0. The molecule has 4 unspecified atom stereocenters. The maximum Gasteiger partial charge on any atom is 0.173 e. The topological polar surface area (TPSA) is 44.9 Å². The van der Waals surface area contributed by atoms with Crippen LogP contribution in [0.3, 0.4) is 0 Å². The van der Waals surface area contributed by atoms with E-state index in [0.717, 1.165) is 37.4 Å². The smallest absolute Gasteiger partial charge is 0.173 e. The van der Waals surface area contributed by atoms with Crippen molar-refractivity contribution in [1.82, 2.24) is 9.88 Å². The highest BCUT2D eigenvalue weighted by molar-refractivity contribution is 6.17. The van der Waals surface area contributed by atoms with Gasteiger partial charge in [0.25, 0.3) is 0 Å². The Balaban J connectivity index is 1.03. The lowest BCUT2D eigenvalue weighted by Gasteiger charge is -2.39. The van der Waals surface area contributed by atoms with Crippen molar-refractivity contribution >= 4 is 45.1 Å². The number of rotatable bonds is 7. The summed E-state index contributed by atoms with van der Waals surface area (Å²) in [7, 11) is 2.25. The number of anilines is 1. The van der Waals surface area contributed by atoms with Crippen LogP contribution in [0.2, 0.25) is 0 Å². The Morgan fingerprint density at radius 1 is 0.587 bits per heavy atom. The lowest BCUT2D eigenvalue weighted by molar-refractivity contribution is 0.545. The van der Waals surface area contributed by atoms with Gasteiger partial charge in [0.1, 0.15) is 11.7 Å². The molecule has 0 amide bonds. The van der Waals surface area contributed by atoms with Crippen LogP contribution in [-0.2, 0) is 0 Å². The number of fused-ring (bicyclic) bond motifs is 5. The molecule has 11 rings (SSSR count). The third kappa shape index (κ3) is 6.78. The Bertz CT molecular complexity index is 3030. The fourth-order valence-electron chi connectivity index (χ4n) is 10.8. The van der Waals surface area contributed by atoms with Crippen LogP contribution < -0.4 is 10.2 Å². The molecule has 3 heterocycles. The summed E-state index contributed by atoms with van der Waals surface area (Å²) in [6, 6.07) is 50.5. The summed E-state index contributed by atoms with van der Waals surface area (Å²) < 4.78 is 2.59. The standard InChI is InChI=1S/C58H53N5/c1-38-36-44(41-20-10-6-11-21-41)30-34-47(38)57-59-56(60-58(3,61-57)46-32-28-42(29-33-46)40-18-8-5-9-19-40)45-31-35-50(39(2)37-45)63-52-27-17-15-25-49(52)53-48-24-14-16-26-51(48)62(4)54(55(53)63)43-22-12-7-13-23-43/h5-28,30-32,34-35,38-39,54H,29,33,36-37H2,1-4H3,(H,59,60,61). The Kier molecular flexibility index (Phi) is 9.72. The fourth-order valence-corrected chi connectivity index (χ4v) is 10.8. The van der Waals surface area contributed by atoms with E-state index in [1.807, 2.05) is 0 Å². The van der Waals surface area contributed by atoms with Crippen LogP contribution in [0.4, 0.5) is 5.69 Å². The van der Waals surface area contributed by atoms with Crippen LogP contribution in [0.5, 0.6) is 0 Å². The van der Waals surface area contributed by atoms with Gasteiger partial charge in [-0.25, -0.2) is 9.98 Å². The van der Waals surface area contributed by atoms with Crippen LogP contribution in [-0.4, -0.2) is 28.9 Å². The summed E-state index contributed by atoms with van der Waals surface area (Å²) in [5.41, 5.74) is 17.2. The number of nitrogens with zero attached hydrogens (tertiary/aromatic N) is 4. The highest BCUT2D eigenvalue weighted by Gasteiger charge is 2.39. The van der Waals surface area contributed by atoms with E-state index in [4.69, 9.17) is 9.98 Å². The molecule has 5 aliphatic rings. The molecule has 63 heavy (non-hydrogen) atoms. The Labute approximate surface area is 371 Å². The highest BCUT2D eigenvalue weighted by atomic mass is 15.2. The van der Waals surface area contributed by atoms with Gasteiger partial charge >= 0.3 is 0 Å². The predicted octanol–water partition coefficient (Wildman–Crippen LogP) is 13.6. The molecule has 3 aliphatic carbocycles. The summed E-state index contributed by atoms with van der Waals surface area (Å²) in [5, 5.41) is 5.14. The number of amidine groups is 2. The predicted molar refractivity (Wildman–Crippen MR) is 265 cm³/mol. The van der Waals surface area contributed by atoms with Gasteiger partial charge in [0, 0.05) is 40.9 Å². The van der Waals surface area contributed by atoms with E-state index in [-0.39, 0.29) is 17.9 Å². The van der Waals surface area contributed by atoms with E-state index >= 15 is 0 Å². The van der Waals surface area contributed by atoms with Crippen LogP contribution in [0.25, 0.3) is 38.9 Å². The number of allylic oxidation sites excluding steroid dienone is 9. The van der Waals surface area contributed by atoms with Gasteiger partial charge < -0.3 is 14.8 Å². The monoisotopic (exact) mass is 819 g/mol. The van der Waals surface area contributed by atoms with Crippen LogP contribution >= 0.6 is 0 Å². The molecule has 4 atom stereocenters. The minimum absolute atomic E-state index is 0.0354. The zero-order chi connectivity index (χ0) is 42.7. The Morgan fingerprint density at radius 2 is 1.21 bits per heavy atom. The average molecular weight is 820 g/mol. The van der Waals surface area contributed by atoms with E-state index in [2.05, 4.69) is 219 Å². The van der Waals surface area contributed by atoms with Crippen molar-refractivity contribution in [3.8, 4) is 11.1 Å². The number of aliphatic imine (C=N–C) groups is 2. The molecular formula is C58H53N5. The molecule has 0 saturated heterocycles. The molecule has 5 nitrogen and oxygen atoms in total. The summed E-state index contributed by atoms with van der Waals surface area (Å²) in [5.74, 6) is 2.34. The van der Waals surface area contributed by atoms with Gasteiger partial charge in [0.15, 0.2) is 5.66 Å². The maximum atomic E-state index is 5.59. The number of benzene rings is 5. The summed E-state index contributed by atoms with van der Waals surface area (Å²) in [6.45, 7) is 6.93. The quantitative estimate of drug-likeness (QED) is 0.174. The lowest BCUT2D eigenvalue weighted by Crippen LogP contribution is -2.44. The van der Waals surface area contributed by atoms with E-state index in [9.17, 15) is 0 Å². The zero-order valence-electron chi connectivity index (χ0n) is 36.6. The Morgan fingerprint density at radius 3 is 1.92 bits per heavy atom. The van der Waals surface area contributed by atoms with Crippen molar-refractivity contribution in [2.45, 2.75) is 58.2 Å². The number of hydrogen-bond donors (Lipinski definition) is 1. The van der Waals surface area contributed by atoms with Crippen LogP contribution in [0.1, 0.15) is 74.9 Å². The first-order valence-corrected chi connectivity index (χ1v) is 22.7. The molecule has 1 N–H and O–H groups in total. The summed E-state index contributed by atoms with van der Waals surface area (Å²) in [4.78, 5) is 13.6. The van der Waals surface area contributed by atoms with Gasteiger partial charge in [-0.05, 0) is 101 Å². The largest absolute Gasteiger partial charge is 0.361 e. The molecule has 0 fully saturated rings. The molecule has 0 radical (unpaired) electrons. The van der Waals surface area contributed by atoms with Crippen molar-refractivity contribution in [3.05, 3.63) is 215 Å². The van der Waals surface area contributed by atoms with E-state index in [1.54, 1.807) is 0 Å². The zero-order valence-corrected chi connectivity index (χ0v) is 36.6. The molecular weight excluding hydrogens is 767 g/mol. The SMILES string of the molecule is CC1CC(c2ccccc2)=CC=C1C1=NC(C)(C2=CC=C(c3ccccc3)CC2)N=C(C2=CC=C(n3c4c(c5ccccc53)-c3ccccc3N(C)C4c3ccccc3)C(C)C2)N1. The fraction of sp³-hybridized carbons (Fsp3) is 0.207. The maximum absolute atomic E-state index is 5.59. The van der Waals surface area contributed by atoms with E-state index < -0.39 is 5.66 Å². The molecule has 0 saturated carbocycles. The van der Waals surface area contributed by atoms with Gasteiger partial charge in [0.2, 0.25) is 0 Å². The first-order valence-electron chi connectivity index (χ1n) is 22.7. The molecule has 6 aromatic rings. The number of hydrogen-bond acceptors (Lipinski definition) is 4. The summed E-state index contributed by atoms with van der Waals surface area (Å²) in [6.07, 6.45) is 17.5. The molecule has 5 heteroatoms. The molecule has 310 valence electrons. The molecule has 0 spiro atoms. The first-order chi connectivity index (χ1) is 30.8. The van der Waals surface area contributed by atoms with Gasteiger partial charge in [-0.3, -0.25) is 0 Å². The van der Waals surface area contributed by atoms with Crippen molar-refractivity contribution in [1.29, 1.82) is 0 Å². The van der Waals surface area contributed by atoms with Gasteiger partial charge in [-0.2, -0.15) is 0 Å².